The number of hydrogen-bond acceptors (Lipinski definition) is 2. The summed E-state index contributed by atoms with van der Waals surface area (Å²) in [6.45, 7) is 0.955. The van der Waals surface area contributed by atoms with Gasteiger partial charge in [-0.15, -0.1) is 0 Å². The first-order chi connectivity index (χ1) is 2.43. The van der Waals surface area contributed by atoms with Crippen molar-refractivity contribution in [3.63, 3.8) is 0 Å². The van der Waals surface area contributed by atoms with Crippen LogP contribution in [0.2, 0.25) is 0 Å². The van der Waals surface area contributed by atoms with Crippen molar-refractivity contribution in [3.8, 4) is 0 Å². The van der Waals surface area contributed by atoms with Gasteiger partial charge in [0, 0.05) is 0 Å². The molecule has 1 aliphatic rings. The molecule has 0 bridgehead atoms. The molecular formula is C3H6O2Rf. The van der Waals surface area contributed by atoms with Gasteiger partial charge < -0.3 is 9.84 Å². The molecule has 0 saturated carbocycles. The van der Waals surface area contributed by atoms with Gasteiger partial charge in [-0.05, 0) is 0 Å². The zero-order valence-electron chi connectivity index (χ0n) is 3.55. The van der Waals surface area contributed by atoms with Crippen LogP contribution >= 0.6 is 0 Å². The normalized spacial score (nSPS) is 28.5. The summed E-state index contributed by atoms with van der Waals surface area (Å²) in [7, 11) is 0. The Balaban J connectivity index is 0.000000250. The van der Waals surface area contributed by atoms with Gasteiger partial charge in [-0.2, -0.15) is 0 Å². The zero-order chi connectivity index (χ0) is 3.70. The molecule has 32 valence electrons. The van der Waals surface area contributed by atoms with Gasteiger partial charge >= 0.3 is 0 Å². The Morgan fingerprint density at radius 2 is 2.33 bits per heavy atom. The molecule has 1 aliphatic heterocycles. The molecule has 6 heavy (non-hydrogen) atoms. The van der Waals surface area contributed by atoms with Crippen LogP contribution in [0.15, 0.2) is 0 Å². The van der Waals surface area contributed by atoms with Gasteiger partial charge in [0.05, 0.1) is 13.2 Å². The van der Waals surface area contributed by atoms with Gasteiger partial charge in [0.25, 0.3) is 0 Å². The van der Waals surface area contributed by atoms with Crippen LogP contribution < -0.4 is 0 Å². The van der Waals surface area contributed by atoms with Gasteiger partial charge in [0.15, 0.2) is 0 Å². The molecule has 1 saturated heterocycles. The number of epoxide rings is 1. The minimum atomic E-state index is 0. The van der Waals surface area contributed by atoms with Crippen molar-refractivity contribution in [2.45, 2.75) is 6.10 Å². The third-order valence-corrected chi connectivity index (χ3v) is 0.606. The Labute approximate surface area is 30.4 Å². The van der Waals surface area contributed by atoms with E-state index in [9.17, 15) is 0 Å². The maximum absolute atomic E-state index is 8.08. The Bertz CT molecular complexity index is 35.8. The Morgan fingerprint density at radius 1 is 1.83 bits per heavy atom. The monoisotopic (exact) mass is 341 g/mol. The van der Waals surface area contributed by atoms with Crippen molar-refractivity contribution < 1.29 is 9.84 Å². The average molecular weight is 341 g/mol. The van der Waals surface area contributed by atoms with E-state index in [0.717, 1.165) is 6.61 Å². The second-order valence-corrected chi connectivity index (χ2v) is 1.14. The molecule has 0 aromatic rings. The summed E-state index contributed by atoms with van der Waals surface area (Å²) < 4.78 is 4.61. The smallest absolute Gasteiger partial charge is 0.104 e. The second kappa shape index (κ2) is 1.38. The Kier molecular flexibility index (Phi) is 1.13. The molecule has 0 aliphatic carbocycles. The van der Waals surface area contributed by atoms with Crippen molar-refractivity contribution in [2.75, 3.05) is 13.2 Å². The summed E-state index contributed by atoms with van der Waals surface area (Å²) in [6.07, 6.45) is 0.190. The van der Waals surface area contributed by atoms with E-state index in [1.54, 1.807) is 0 Å². The predicted molar refractivity (Wildman–Crippen MR) is 16.8 cm³/mol. The van der Waals surface area contributed by atoms with Crippen LogP contribution in [0, 0.1) is 0 Å². The van der Waals surface area contributed by atoms with Gasteiger partial charge in [0.2, 0.25) is 0 Å². The average Bonchev–Trinajstić information content (AvgIpc) is 2.12. The molecule has 0 aromatic heterocycles. The molecule has 0 radical (unpaired) electrons. The van der Waals surface area contributed by atoms with Crippen molar-refractivity contribution in [3.05, 3.63) is 0 Å². The molecule has 1 unspecified atom stereocenters. The first-order valence-electron chi connectivity index (χ1n) is 1.66. The molecule has 3 heteroatoms. The number of rotatable bonds is 1. The van der Waals surface area contributed by atoms with E-state index in [-0.39, 0.29) is 12.7 Å². The minimum Gasteiger partial charge on any atom is -0.394 e. The number of aliphatic hydroxyl groups is 1. The summed E-state index contributed by atoms with van der Waals surface area (Å²) in [6, 6.07) is 0. The van der Waals surface area contributed by atoms with E-state index in [4.69, 9.17) is 5.11 Å². The molecule has 0 aromatic carbocycles. The molecule has 1 rings (SSSR count). The Hall–Kier alpha value is -1.08. The van der Waals surface area contributed by atoms with E-state index >= 15 is 0 Å². The van der Waals surface area contributed by atoms with Crippen LogP contribution in [0.5, 0.6) is 0 Å². The predicted octanol–water partition coefficient (Wildman–Crippen LogP) is -0.623. The molecule has 0 amide bonds. The van der Waals surface area contributed by atoms with Crippen LogP contribution in [0.1, 0.15) is 0 Å². The standard InChI is InChI=1S/C3H6O2.Rf/c4-1-3-2-5-3;/h3-4H,1-2H2;. The van der Waals surface area contributed by atoms with Crippen LogP contribution in [0.3, 0.4) is 0 Å². The fraction of sp³-hybridized carbons (Fsp3) is 1.00. The molecule has 2 nitrogen and oxygen atoms in total. The molecule has 1 N–H and O–H groups in total. The minimum absolute atomic E-state index is 0. The van der Waals surface area contributed by atoms with Crippen molar-refractivity contribution >= 4 is 0 Å². The molecular weight excluding hydrogens is 335 g/mol. The summed E-state index contributed by atoms with van der Waals surface area (Å²) in [5.41, 5.74) is 0. The van der Waals surface area contributed by atoms with Gasteiger partial charge in [0.1, 0.15) is 6.10 Å². The van der Waals surface area contributed by atoms with E-state index in [2.05, 4.69) is 4.74 Å². The van der Waals surface area contributed by atoms with Crippen LogP contribution in [-0.2, 0) is 4.74 Å². The van der Waals surface area contributed by atoms with E-state index in [1.807, 2.05) is 0 Å². The van der Waals surface area contributed by atoms with E-state index < -0.39 is 0 Å². The maximum Gasteiger partial charge on any atom is 0.104 e. The van der Waals surface area contributed by atoms with Gasteiger partial charge in [-0.1, -0.05) is 0 Å². The molecule has 1 fully saturated rings. The van der Waals surface area contributed by atoms with Crippen molar-refractivity contribution in [2.24, 2.45) is 0 Å². The van der Waals surface area contributed by atoms with Crippen LogP contribution in [0.25, 0.3) is 0 Å². The van der Waals surface area contributed by atoms with Crippen LogP contribution in [-0.4, -0.2) is 24.4 Å². The summed E-state index contributed by atoms with van der Waals surface area (Å²) in [4.78, 5) is 0. The topological polar surface area (TPSA) is 32.8 Å². The van der Waals surface area contributed by atoms with Crippen molar-refractivity contribution in [1.82, 2.24) is 0 Å². The van der Waals surface area contributed by atoms with E-state index in [0.29, 0.717) is 0 Å². The zero-order valence-corrected chi connectivity index (χ0v) is 9.95. The van der Waals surface area contributed by atoms with Gasteiger partial charge in [-0.3, -0.25) is 0 Å². The fourth-order valence-electron chi connectivity index (χ4n) is 0.173. The third-order valence-electron chi connectivity index (χ3n) is 0.606. The summed E-state index contributed by atoms with van der Waals surface area (Å²) >= 11 is 0. The maximum atomic E-state index is 8.08. The molecule has 1 atom stereocenters. The van der Waals surface area contributed by atoms with Crippen LogP contribution in [0.4, 0.5) is 0 Å². The summed E-state index contributed by atoms with van der Waals surface area (Å²) in [5, 5.41) is 8.08. The van der Waals surface area contributed by atoms with Gasteiger partial charge in [-0.25, -0.2) is 0 Å². The summed E-state index contributed by atoms with van der Waals surface area (Å²) in [5.74, 6) is 0. The first kappa shape index (κ1) is 4.92. The fourth-order valence-corrected chi connectivity index (χ4v) is 0.173. The third kappa shape index (κ3) is 0.701. The van der Waals surface area contributed by atoms with Crippen molar-refractivity contribution in [1.29, 1.82) is 0 Å². The molecule has 1 heterocycles. The number of ether oxygens (including phenoxy) is 1. The molecule has 0 spiro atoms. The Morgan fingerprint density at radius 3 is 2.33 bits per heavy atom. The quantitative estimate of drug-likeness (QED) is 0.645. The number of aliphatic hydroxyl groups excluding tert-OH is 1. The first-order valence-corrected chi connectivity index (χ1v) is 1.66. The second-order valence-electron chi connectivity index (χ2n) is 1.14. The largest absolute Gasteiger partial charge is 0.394 e. The SMILES string of the molecule is OCC1CO1.[Rf]. The van der Waals surface area contributed by atoms with E-state index in [1.165, 1.54) is 0 Å². The number of hydrogen-bond donors (Lipinski definition) is 1.